The lowest BCUT2D eigenvalue weighted by molar-refractivity contribution is 0.355. The molecule has 0 aliphatic carbocycles. The van der Waals surface area contributed by atoms with E-state index in [1.54, 1.807) is 20.5 Å². The molecule has 3 aromatic carbocycles. The molecule has 0 fully saturated rings. The van der Waals surface area contributed by atoms with Crippen molar-refractivity contribution in [1.29, 1.82) is 0 Å². The summed E-state index contributed by atoms with van der Waals surface area (Å²) in [5, 5.41) is 3.46. The molecule has 0 amide bonds. The largest absolute Gasteiger partial charge is 0.493 e. The van der Waals surface area contributed by atoms with Gasteiger partial charge in [0.25, 0.3) is 0 Å². The topological polar surface area (TPSA) is 44.2 Å². The molecular weight excluding hydrogens is 336 g/mol. The lowest BCUT2D eigenvalue weighted by atomic mass is 9.99. The first-order chi connectivity index (χ1) is 13.3. The van der Waals surface area contributed by atoms with Crippen LogP contribution in [0.2, 0.25) is 0 Å². The third-order valence-electron chi connectivity index (χ3n) is 4.46. The first-order valence-corrected chi connectivity index (χ1v) is 9.12. The Morgan fingerprint density at radius 3 is 2.26 bits per heavy atom. The Labute approximate surface area is 159 Å². The lowest BCUT2D eigenvalue weighted by Crippen LogP contribution is -1.98. The zero-order valence-corrected chi connectivity index (χ0v) is 16.2. The Bertz CT molecular complexity index is 1060. The molecule has 0 spiro atoms. The molecule has 0 saturated heterocycles. The van der Waals surface area contributed by atoms with Gasteiger partial charge in [0.15, 0.2) is 11.5 Å². The average Bonchev–Trinajstić information content (AvgIpc) is 2.74. The van der Waals surface area contributed by atoms with Crippen molar-refractivity contribution in [2.45, 2.75) is 20.3 Å². The first kappa shape index (κ1) is 18.6. The highest BCUT2D eigenvalue weighted by atomic mass is 16.5. The second-order valence-electron chi connectivity index (χ2n) is 5.86. The Morgan fingerprint density at radius 2 is 1.48 bits per heavy atom. The molecule has 4 rings (SSSR count). The van der Waals surface area contributed by atoms with Crippen LogP contribution in [0.4, 0.5) is 0 Å². The summed E-state index contributed by atoms with van der Waals surface area (Å²) in [6.45, 7) is 4.00. The van der Waals surface area contributed by atoms with Crippen LogP contribution in [0.1, 0.15) is 25.1 Å². The predicted molar refractivity (Wildman–Crippen MR) is 111 cm³/mol. The Morgan fingerprint density at radius 1 is 0.778 bits per heavy atom. The minimum Gasteiger partial charge on any atom is -0.493 e. The molecule has 0 bridgehead atoms. The van der Waals surface area contributed by atoms with Crippen LogP contribution >= 0.6 is 0 Å². The zero-order chi connectivity index (χ0) is 19.2. The molecule has 4 aromatic rings. The van der Waals surface area contributed by atoms with Gasteiger partial charge in [-0.15, -0.1) is 0 Å². The molecule has 27 heavy (non-hydrogen) atoms. The third-order valence-corrected chi connectivity index (χ3v) is 4.46. The van der Waals surface area contributed by atoms with Gasteiger partial charge in [0.05, 0.1) is 25.4 Å². The highest BCUT2D eigenvalue weighted by molar-refractivity contribution is 5.88. The maximum Gasteiger partial charge on any atom is 0.162 e. The molecule has 0 atom stereocenters. The monoisotopic (exact) mass is 360 g/mol. The van der Waals surface area contributed by atoms with E-state index in [4.69, 9.17) is 9.47 Å². The highest BCUT2D eigenvalue weighted by Gasteiger charge is 2.12. The van der Waals surface area contributed by atoms with E-state index in [1.807, 2.05) is 26.0 Å². The molecule has 0 aliphatic rings. The quantitative estimate of drug-likeness (QED) is 0.488. The molecule has 0 N–H and O–H groups in total. The smallest absolute Gasteiger partial charge is 0.162 e. The number of fused-ring (bicyclic) bond motifs is 2. The van der Waals surface area contributed by atoms with Gasteiger partial charge in [-0.3, -0.25) is 0 Å². The average molecular weight is 360 g/mol. The van der Waals surface area contributed by atoms with Crippen LogP contribution in [0.25, 0.3) is 21.7 Å². The summed E-state index contributed by atoms with van der Waals surface area (Å²) in [6, 6.07) is 18.6. The van der Waals surface area contributed by atoms with E-state index >= 15 is 0 Å². The summed E-state index contributed by atoms with van der Waals surface area (Å²) in [5.74, 6) is 1.36. The van der Waals surface area contributed by atoms with E-state index < -0.39 is 0 Å². The second-order valence-corrected chi connectivity index (χ2v) is 5.86. The van der Waals surface area contributed by atoms with Crippen molar-refractivity contribution in [3.05, 3.63) is 72.2 Å². The van der Waals surface area contributed by atoms with Crippen LogP contribution in [0.15, 0.2) is 60.9 Å². The highest BCUT2D eigenvalue weighted by Crippen LogP contribution is 2.33. The van der Waals surface area contributed by atoms with Crippen molar-refractivity contribution in [3.63, 3.8) is 0 Å². The van der Waals surface area contributed by atoms with Crippen LogP contribution in [0, 0.1) is 0 Å². The van der Waals surface area contributed by atoms with Gasteiger partial charge in [0, 0.05) is 17.9 Å². The van der Waals surface area contributed by atoms with Gasteiger partial charge in [-0.05, 0) is 22.4 Å². The molecule has 4 heteroatoms. The van der Waals surface area contributed by atoms with Gasteiger partial charge in [-0.1, -0.05) is 56.3 Å². The third kappa shape index (κ3) is 3.70. The standard InChI is InChI=1S/C21H18N2O2.C2H6/c1-24-20-11-17-18(22-13-23-19(17)12-21(20)25-2)10-15-8-5-7-14-6-3-4-9-16(14)15;1-2/h3-9,11-13H,10H2,1-2H3;1-2H3. The molecule has 138 valence electrons. The van der Waals surface area contributed by atoms with Crippen molar-refractivity contribution in [1.82, 2.24) is 9.97 Å². The van der Waals surface area contributed by atoms with Crippen LogP contribution in [-0.4, -0.2) is 24.2 Å². The van der Waals surface area contributed by atoms with Gasteiger partial charge in [0.1, 0.15) is 6.33 Å². The van der Waals surface area contributed by atoms with E-state index in [-0.39, 0.29) is 0 Å². The maximum atomic E-state index is 5.44. The number of methoxy groups -OCH3 is 2. The van der Waals surface area contributed by atoms with E-state index in [9.17, 15) is 0 Å². The summed E-state index contributed by atoms with van der Waals surface area (Å²) in [5.41, 5.74) is 3.07. The van der Waals surface area contributed by atoms with Crippen molar-refractivity contribution >= 4 is 21.7 Å². The number of hydrogen-bond donors (Lipinski definition) is 0. The lowest BCUT2D eigenvalue weighted by Gasteiger charge is -2.12. The Balaban J connectivity index is 0.00000102. The van der Waals surface area contributed by atoms with Gasteiger partial charge in [-0.2, -0.15) is 0 Å². The fourth-order valence-corrected chi connectivity index (χ4v) is 3.20. The van der Waals surface area contributed by atoms with E-state index in [1.165, 1.54) is 16.3 Å². The minimum absolute atomic E-state index is 0.671. The fourth-order valence-electron chi connectivity index (χ4n) is 3.20. The van der Waals surface area contributed by atoms with Crippen LogP contribution in [0.5, 0.6) is 11.5 Å². The number of aromatic nitrogens is 2. The van der Waals surface area contributed by atoms with Gasteiger partial charge in [-0.25, -0.2) is 9.97 Å². The van der Waals surface area contributed by atoms with Gasteiger partial charge >= 0.3 is 0 Å². The number of benzene rings is 3. The second kappa shape index (κ2) is 8.49. The molecule has 1 heterocycles. The molecule has 4 nitrogen and oxygen atoms in total. The molecule has 0 unspecified atom stereocenters. The Kier molecular flexibility index (Phi) is 5.87. The summed E-state index contributed by atoms with van der Waals surface area (Å²) < 4.78 is 10.8. The van der Waals surface area contributed by atoms with Crippen LogP contribution in [-0.2, 0) is 6.42 Å². The van der Waals surface area contributed by atoms with Crippen LogP contribution < -0.4 is 9.47 Å². The number of ether oxygens (including phenoxy) is 2. The summed E-state index contributed by atoms with van der Waals surface area (Å²) in [6.07, 6.45) is 2.34. The van der Waals surface area contributed by atoms with E-state index in [0.29, 0.717) is 11.5 Å². The van der Waals surface area contributed by atoms with Gasteiger partial charge < -0.3 is 9.47 Å². The number of nitrogens with zero attached hydrogens (tertiary/aromatic N) is 2. The van der Waals surface area contributed by atoms with E-state index in [2.05, 4.69) is 52.4 Å². The number of hydrogen-bond acceptors (Lipinski definition) is 4. The first-order valence-electron chi connectivity index (χ1n) is 9.12. The van der Waals surface area contributed by atoms with E-state index in [0.717, 1.165) is 23.0 Å². The fraction of sp³-hybridized carbons (Fsp3) is 0.217. The molecular formula is C23H24N2O2. The minimum atomic E-state index is 0.671. The zero-order valence-electron chi connectivity index (χ0n) is 16.2. The van der Waals surface area contributed by atoms with Crippen molar-refractivity contribution < 1.29 is 9.47 Å². The summed E-state index contributed by atoms with van der Waals surface area (Å²) >= 11 is 0. The molecule has 0 saturated carbocycles. The maximum absolute atomic E-state index is 5.44. The van der Waals surface area contributed by atoms with Crippen molar-refractivity contribution in [2.75, 3.05) is 14.2 Å². The molecule has 1 aromatic heterocycles. The number of rotatable bonds is 4. The SMILES string of the molecule is CC.COc1cc2ncnc(Cc3cccc4ccccc34)c2cc1OC. The summed E-state index contributed by atoms with van der Waals surface area (Å²) in [7, 11) is 3.26. The van der Waals surface area contributed by atoms with Gasteiger partial charge in [0.2, 0.25) is 0 Å². The Hall–Kier alpha value is -3.14. The normalized spacial score (nSPS) is 10.4. The molecule has 0 radical (unpaired) electrons. The van der Waals surface area contributed by atoms with Crippen LogP contribution in [0.3, 0.4) is 0 Å². The predicted octanol–water partition coefficient (Wildman–Crippen LogP) is 5.42. The van der Waals surface area contributed by atoms with Crippen molar-refractivity contribution in [3.8, 4) is 11.5 Å². The van der Waals surface area contributed by atoms with Crippen molar-refractivity contribution in [2.24, 2.45) is 0 Å². The molecule has 0 aliphatic heterocycles. The summed E-state index contributed by atoms with van der Waals surface area (Å²) in [4.78, 5) is 8.92.